The quantitative estimate of drug-likeness (QED) is 0.768. The second kappa shape index (κ2) is 7.00. The van der Waals surface area contributed by atoms with Crippen molar-refractivity contribution in [3.63, 3.8) is 0 Å². The lowest BCUT2D eigenvalue weighted by Gasteiger charge is -2.33. The summed E-state index contributed by atoms with van der Waals surface area (Å²) < 4.78 is 6.67. The average molecular weight is 336 g/mol. The molecule has 8 nitrogen and oxygen atoms in total. The first-order valence-corrected chi connectivity index (χ1v) is 8.33. The summed E-state index contributed by atoms with van der Waals surface area (Å²) in [6.07, 6.45) is 2.28. The summed E-state index contributed by atoms with van der Waals surface area (Å²) in [5.41, 5.74) is -1.16. The van der Waals surface area contributed by atoms with E-state index in [2.05, 4.69) is 10.00 Å². The maximum Gasteiger partial charge on any atom is 0.274 e. The van der Waals surface area contributed by atoms with Crippen molar-refractivity contribution in [3.8, 4) is 0 Å². The number of rotatable bonds is 3. The molecule has 2 saturated heterocycles. The minimum absolute atomic E-state index is 0.197. The van der Waals surface area contributed by atoms with Gasteiger partial charge in [0.05, 0.1) is 19.8 Å². The van der Waals surface area contributed by atoms with E-state index in [1.807, 2.05) is 0 Å². The standard InChI is InChI=1S/C16H24N4O4/c1-18-14(21)5-4-13(17-18)15(22)20-8-9-24-12-16(23,11-20)10-19-6-2-3-7-19/h4-5,23H,2-3,6-12H2,1H3/t16-/m1/s1. The Morgan fingerprint density at radius 1 is 1.33 bits per heavy atom. The fourth-order valence-electron chi connectivity index (χ4n) is 3.32. The predicted octanol–water partition coefficient (Wildman–Crippen LogP) is -0.920. The van der Waals surface area contributed by atoms with E-state index in [0.717, 1.165) is 30.6 Å². The molecule has 1 amide bonds. The molecule has 1 aromatic rings. The monoisotopic (exact) mass is 336 g/mol. The van der Waals surface area contributed by atoms with Gasteiger partial charge < -0.3 is 19.6 Å². The molecular weight excluding hydrogens is 312 g/mol. The number of nitrogens with zero attached hydrogens (tertiary/aromatic N) is 4. The van der Waals surface area contributed by atoms with Gasteiger partial charge in [-0.1, -0.05) is 0 Å². The largest absolute Gasteiger partial charge is 0.384 e. The van der Waals surface area contributed by atoms with Crippen molar-refractivity contribution < 1.29 is 14.6 Å². The Morgan fingerprint density at radius 3 is 2.79 bits per heavy atom. The Labute approximate surface area is 140 Å². The van der Waals surface area contributed by atoms with Crippen LogP contribution in [0.25, 0.3) is 0 Å². The zero-order chi connectivity index (χ0) is 17.2. The van der Waals surface area contributed by atoms with Gasteiger partial charge in [-0.25, -0.2) is 4.68 Å². The normalized spacial score (nSPS) is 25.7. The first-order chi connectivity index (χ1) is 11.5. The van der Waals surface area contributed by atoms with Crippen LogP contribution in [0.2, 0.25) is 0 Å². The lowest BCUT2D eigenvalue weighted by atomic mass is 10.0. The molecule has 8 heteroatoms. The third-order valence-corrected chi connectivity index (χ3v) is 4.54. The summed E-state index contributed by atoms with van der Waals surface area (Å²) in [6, 6.07) is 2.75. The summed E-state index contributed by atoms with van der Waals surface area (Å²) in [7, 11) is 1.51. The second-order valence-corrected chi connectivity index (χ2v) is 6.67. The van der Waals surface area contributed by atoms with E-state index in [1.54, 1.807) is 4.90 Å². The Balaban J connectivity index is 1.74. The van der Waals surface area contributed by atoms with Gasteiger partial charge in [-0.05, 0) is 32.0 Å². The first-order valence-electron chi connectivity index (χ1n) is 8.33. The molecule has 3 heterocycles. The summed E-state index contributed by atoms with van der Waals surface area (Å²) in [6.45, 7) is 3.63. The van der Waals surface area contributed by atoms with Crippen molar-refractivity contribution in [2.75, 3.05) is 45.9 Å². The highest BCUT2D eigenvalue weighted by Crippen LogP contribution is 2.18. The molecule has 2 aliphatic heterocycles. The molecule has 0 spiro atoms. The number of aliphatic hydroxyl groups is 1. The SMILES string of the molecule is Cn1nc(C(=O)N2CCOC[C@@](O)(CN3CCCC3)C2)ccc1=O. The molecule has 0 unspecified atom stereocenters. The number of β-amino-alcohol motifs (C(OH)–C–C–N with tert-alkyl or cyclic N) is 1. The van der Waals surface area contributed by atoms with E-state index in [4.69, 9.17) is 4.74 Å². The molecule has 0 bridgehead atoms. The van der Waals surface area contributed by atoms with Crippen LogP contribution in [0.3, 0.4) is 0 Å². The average Bonchev–Trinajstić information content (AvgIpc) is 2.97. The lowest BCUT2D eigenvalue weighted by Crippen LogP contribution is -2.53. The zero-order valence-electron chi connectivity index (χ0n) is 14.0. The van der Waals surface area contributed by atoms with Crippen molar-refractivity contribution in [1.29, 1.82) is 0 Å². The summed E-state index contributed by atoms with van der Waals surface area (Å²) in [5, 5.41) is 15.0. The fraction of sp³-hybridized carbons (Fsp3) is 0.688. The number of hydrogen-bond donors (Lipinski definition) is 1. The maximum atomic E-state index is 12.7. The summed E-state index contributed by atoms with van der Waals surface area (Å²) in [5.74, 6) is -0.295. The molecule has 1 atom stereocenters. The van der Waals surface area contributed by atoms with Crippen molar-refractivity contribution in [3.05, 3.63) is 28.2 Å². The number of hydrogen-bond acceptors (Lipinski definition) is 6. The fourth-order valence-corrected chi connectivity index (χ4v) is 3.32. The first kappa shape index (κ1) is 17.1. The highest BCUT2D eigenvalue weighted by molar-refractivity contribution is 5.92. The summed E-state index contributed by atoms with van der Waals surface area (Å²) in [4.78, 5) is 27.9. The topological polar surface area (TPSA) is 87.9 Å². The van der Waals surface area contributed by atoms with Gasteiger partial charge in [0.2, 0.25) is 0 Å². The zero-order valence-corrected chi connectivity index (χ0v) is 14.0. The Morgan fingerprint density at radius 2 is 2.08 bits per heavy atom. The van der Waals surface area contributed by atoms with Crippen LogP contribution in [0, 0.1) is 0 Å². The van der Waals surface area contributed by atoms with Crippen LogP contribution in [0.5, 0.6) is 0 Å². The molecule has 0 aliphatic carbocycles. The van der Waals surface area contributed by atoms with Gasteiger partial charge in [0.15, 0.2) is 0 Å². The minimum Gasteiger partial charge on any atom is -0.384 e. The number of carbonyl (C=O) groups is 1. The third-order valence-electron chi connectivity index (χ3n) is 4.54. The van der Waals surface area contributed by atoms with Gasteiger partial charge in [-0.15, -0.1) is 0 Å². The molecular formula is C16H24N4O4. The maximum absolute atomic E-state index is 12.7. The van der Waals surface area contributed by atoms with Crippen molar-refractivity contribution in [2.24, 2.45) is 7.05 Å². The van der Waals surface area contributed by atoms with Crippen LogP contribution in [0.1, 0.15) is 23.3 Å². The van der Waals surface area contributed by atoms with Crippen molar-refractivity contribution >= 4 is 5.91 Å². The van der Waals surface area contributed by atoms with Gasteiger partial charge in [0.25, 0.3) is 11.5 Å². The van der Waals surface area contributed by atoms with E-state index in [0.29, 0.717) is 19.7 Å². The van der Waals surface area contributed by atoms with Crippen LogP contribution in [-0.4, -0.2) is 82.1 Å². The number of ether oxygens (including phenoxy) is 1. The molecule has 0 aromatic carbocycles. The summed E-state index contributed by atoms with van der Waals surface area (Å²) >= 11 is 0. The predicted molar refractivity (Wildman–Crippen MR) is 86.8 cm³/mol. The van der Waals surface area contributed by atoms with E-state index >= 15 is 0 Å². The molecule has 1 aromatic heterocycles. The lowest BCUT2D eigenvalue weighted by molar-refractivity contribution is -0.0524. The van der Waals surface area contributed by atoms with Crippen molar-refractivity contribution in [1.82, 2.24) is 19.6 Å². The van der Waals surface area contributed by atoms with Crippen LogP contribution in [0.4, 0.5) is 0 Å². The molecule has 132 valence electrons. The van der Waals surface area contributed by atoms with Gasteiger partial charge in [-0.3, -0.25) is 9.59 Å². The molecule has 2 aliphatic rings. The Kier molecular flexibility index (Phi) is 4.98. The second-order valence-electron chi connectivity index (χ2n) is 6.67. The highest BCUT2D eigenvalue weighted by Gasteiger charge is 2.37. The van der Waals surface area contributed by atoms with Crippen LogP contribution < -0.4 is 5.56 Å². The van der Waals surface area contributed by atoms with E-state index in [1.165, 1.54) is 19.2 Å². The minimum atomic E-state index is -1.09. The Bertz CT molecular complexity index is 656. The van der Waals surface area contributed by atoms with Gasteiger partial charge >= 0.3 is 0 Å². The number of aryl methyl sites for hydroxylation is 1. The van der Waals surface area contributed by atoms with Crippen LogP contribution in [0.15, 0.2) is 16.9 Å². The van der Waals surface area contributed by atoms with E-state index in [9.17, 15) is 14.7 Å². The number of amides is 1. The highest BCUT2D eigenvalue weighted by atomic mass is 16.5. The number of aromatic nitrogens is 2. The van der Waals surface area contributed by atoms with Gasteiger partial charge in [0.1, 0.15) is 11.3 Å². The van der Waals surface area contributed by atoms with Gasteiger partial charge in [0, 0.05) is 26.2 Å². The van der Waals surface area contributed by atoms with Crippen molar-refractivity contribution in [2.45, 2.75) is 18.4 Å². The molecule has 1 N–H and O–H groups in total. The van der Waals surface area contributed by atoms with E-state index in [-0.39, 0.29) is 30.3 Å². The molecule has 0 saturated carbocycles. The molecule has 3 rings (SSSR count). The smallest absolute Gasteiger partial charge is 0.274 e. The third kappa shape index (κ3) is 3.82. The number of carbonyl (C=O) groups excluding carboxylic acids is 1. The van der Waals surface area contributed by atoms with E-state index < -0.39 is 5.60 Å². The molecule has 2 fully saturated rings. The molecule has 24 heavy (non-hydrogen) atoms. The molecule has 0 radical (unpaired) electrons. The van der Waals surface area contributed by atoms with Gasteiger partial charge in [-0.2, -0.15) is 5.10 Å². The van der Waals surface area contributed by atoms with Crippen LogP contribution in [-0.2, 0) is 11.8 Å². The van der Waals surface area contributed by atoms with Crippen LogP contribution >= 0.6 is 0 Å². The Hall–Kier alpha value is -1.77. The number of likely N-dealkylation sites (tertiary alicyclic amines) is 1.